The molecule has 9 heteroatoms. The molecule has 0 radical (unpaired) electrons. The number of sulfonamides is 1. The third-order valence-electron chi connectivity index (χ3n) is 4.71. The molecular weight excluding hydrogens is 442 g/mol. The van der Waals surface area contributed by atoms with Crippen molar-refractivity contribution in [3.63, 3.8) is 0 Å². The number of carbonyl (C=O) groups is 2. The Morgan fingerprint density at radius 3 is 2.21 bits per heavy atom. The van der Waals surface area contributed by atoms with Gasteiger partial charge in [-0.05, 0) is 73.2 Å². The van der Waals surface area contributed by atoms with Gasteiger partial charge in [-0.2, -0.15) is 0 Å². The number of carbonyl (C=O) groups excluding carboxylic acids is 2. The average Bonchev–Trinajstić information content (AvgIpc) is 2.83. The molecule has 0 heterocycles. The number of amides is 2. The Morgan fingerprint density at radius 2 is 1.58 bits per heavy atom. The number of ether oxygens (including phenoxy) is 1. The van der Waals surface area contributed by atoms with E-state index in [1.54, 1.807) is 55.6 Å². The van der Waals surface area contributed by atoms with Gasteiger partial charge in [0.25, 0.3) is 21.8 Å². The Kier molecular flexibility index (Phi) is 7.68. The molecule has 0 saturated heterocycles. The van der Waals surface area contributed by atoms with Crippen molar-refractivity contribution in [2.45, 2.75) is 18.4 Å². The van der Waals surface area contributed by atoms with Crippen molar-refractivity contribution in [2.75, 3.05) is 18.4 Å². The molecule has 0 aliphatic carbocycles. The van der Waals surface area contributed by atoms with Crippen molar-refractivity contribution in [3.05, 3.63) is 89.5 Å². The highest BCUT2D eigenvalue weighted by Gasteiger charge is 2.15. The standard InChI is InChI=1S/C24H25N3O5S/c1-3-32-21-11-9-20(10-12-21)27-33(30,31)22-13-7-18(8-14-22)24(29)26-16-17-5-4-6-19(15-17)23(28)25-2/h4-15,27H,3,16H2,1-2H3,(H,25,28)(H,26,29). The van der Waals surface area contributed by atoms with Crippen LogP contribution in [0.4, 0.5) is 5.69 Å². The molecule has 0 bridgehead atoms. The molecule has 0 atom stereocenters. The lowest BCUT2D eigenvalue weighted by Crippen LogP contribution is -2.23. The first kappa shape index (κ1) is 23.8. The Balaban J connectivity index is 1.63. The number of rotatable bonds is 9. The first-order chi connectivity index (χ1) is 15.8. The fraction of sp³-hybridized carbons (Fsp3) is 0.167. The molecule has 3 aromatic rings. The summed E-state index contributed by atoms with van der Waals surface area (Å²) in [4.78, 5) is 24.2. The maximum atomic E-state index is 12.6. The summed E-state index contributed by atoms with van der Waals surface area (Å²) in [7, 11) is -2.26. The van der Waals surface area contributed by atoms with E-state index in [9.17, 15) is 18.0 Å². The smallest absolute Gasteiger partial charge is 0.261 e. The van der Waals surface area contributed by atoms with Crippen molar-refractivity contribution in [1.82, 2.24) is 10.6 Å². The second-order valence-corrected chi connectivity index (χ2v) is 8.73. The van der Waals surface area contributed by atoms with E-state index < -0.39 is 10.0 Å². The number of nitrogens with one attached hydrogen (secondary N) is 3. The van der Waals surface area contributed by atoms with Gasteiger partial charge in [0.05, 0.1) is 11.5 Å². The summed E-state index contributed by atoms with van der Waals surface area (Å²) in [6, 6.07) is 19.2. The zero-order chi connectivity index (χ0) is 23.8. The lowest BCUT2D eigenvalue weighted by Gasteiger charge is -2.10. The van der Waals surface area contributed by atoms with Gasteiger partial charge in [-0.3, -0.25) is 14.3 Å². The van der Waals surface area contributed by atoms with E-state index in [-0.39, 0.29) is 23.3 Å². The van der Waals surface area contributed by atoms with E-state index in [0.717, 1.165) is 5.56 Å². The van der Waals surface area contributed by atoms with Gasteiger partial charge in [0.1, 0.15) is 5.75 Å². The summed E-state index contributed by atoms with van der Waals surface area (Å²) in [6.45, 7) is 2.61. The summed E-state index contributed by atoms with van der Waals surface area (Å²) in [5.74, 6) is 0.0822. The van der Waals surface area contributed by atoms with Crippen LogP contribution in [0.3, 0.4) is 0 Å². The molecule has 0 spiro atoms. The molecule has 8 nitrogen and oxygen atoms in total. The Labute approximate surface area is 193 Å². The number of anilines is 1. The average molecular weight is 468 g/mol. The first-order valence-corrected chi connectivity index (χ1v) is 11.8. The van der Waals surface area contributed by atoms with Crippen LogP contribution in [0.5, 0.6) is 5.75 Å². The van der Waals surface area contributed by atoms with Crippen molar-refractivity contribution < 1.29 is 22.7 Å². The van der Waals surface area contributed by atoms with E-state index in [0.29, 0.717) is 29.2 Å². The van der Waals surface area contributed by atoms with Gasteiger partial charge >= 0.3 is 0 Å². The van der Waals surface area contributed by atoms with Gasteiger partial charge in [0, 0.05) is 30.4 Å². The van der Waals surface area contributed by atoms with Crippen molar-refractivity contribution in [2.24, 2.45) is 0 Å². The van der Waals surface area contributed by atoms with Gasteiger partial charge in [-0.15, -0.1) is 0 Å². The lowest BCUT2D eigenvalue weighted by molar-refractivity contribution is 0.0948. The Bertz CT molecular complexity index is 1220. The zero-order valence-corrected chi connectivity index (χ0v) is 19.1. The molecule has 172 valence electrons. The highest BCUT2D eigenvalue weighted by molar-refractivity contribution is 7.92. The monoisotopic (exact) mass is 467 g/mol. The molecule has 3 rings (SSSR count). The zero-order valence-electron chi connectivity index (χ0n) is 18.3. The predicted octanol–water partition coefficient (Wildman–Crippen LogP) is 3.18. The highest BCUT2D eigenvalue weighted by Crippen LogP contribution is 2.20. The summed E-state index contributed by atoms with van der Waals surface area (Å²) in [5.41, 5.74) is 1.98. The number of benzene rings is 3. The third-order valence-corrected chi connectivity index (χ3v) is 6.11. The van der Waals surface area contributed by atoms with Crippen LogP contribution >= 0.6 is 0 Å². The number of hydrogen-bond donors (Lipinski definition) is 3. The summed E-state index contributed by atoms with van der Waals surface area (Å²) in [6.07, 6.45) is 0. The van der Waals surface area contributed by atoms with Gasteiger partial charge in [-0.1, -0.05) is 12.1 Å². The van der Waals surface area contributed by atoms with Gasteiger partial charge in [-0.25, -0.2) is 8.42 Å². The molecule has 3 N–H and O–H groups in total. The topological polar surface area (TPSA) is 114 Å². The first-order valence-electron chi connectivity index (χ1n) is 10.3. The van der Waals surface area contributed by atoms with E-state index in [2.05, 4.69) is 15.4 Å². The minimum Gasteiger partial charge on any atom is -0.494 e. The SMILES string of the molecule is CCOc1ccc(NS(=O)(=O)c2ccc(C(=O)NCc3cccc(C(=O)NC)c3)cc2)cc1. The van der Waals surface area contributed by atoms with Crippen LogP contribution in [-0.4, -0.2) is 33.9 Å². The van der Waals surface area contributed by atoms with Crippen LogP contribution in [0.2, 0.25) is 0 Å². The normalized spacial score (nSPS) is 10.8. The molecule has 0 unspecified atom stereocenters. The van der Waals surface area contributed by atoms with E-state index in [4.69, 9.17) is 4.74 Å². The van der Waals surface area contributed by atoms with Crippen LogP contribution in [0, 0.1) is 0 Å². The predicted molar refractivity (Wildman–Crippen MR) is 126 cm³/mol. The van der Waals surface area contributed by atoms with E-state index >= 15 is 0 Å². The Morgan fingerprint density at radius 1 is 0.879 bits per heavy atom. The minimum atomic E-state index is -3.81. The van der Waals surface area contributed by atoms with Gasteiger partial charge in [0.2, 0.25) is 0 Å². The van der Waals surface area contributed by atoms with Crippen LogP contribution in [0.25, 0.3) is 0 Å². The van der Waals surface area contributed by atoms with Crippen LogP contribution in [-0.2, 0) is 16.6 Å². The van der Waals surface area contributed by atoms with E-state index in [1.807, 2.05) is 6.92 Å². The molecule has 0 fully saturated rings. The van der Waals surface area contributed by atoms with Crippen LogP contribution in [0.1, 0.15) is 33.2 Å². The molecule has 2 amide bonds. The Hall–Kier alpha value is -3.85. The lowest BCUT2D eigenvalue weighted by atomic mass is 10.1. The fourth-order valence-electron chi connectivity index (χ4n) is 3.04. The van der Waals surface area contributed by atoms with Crippen molar-refractivity contribution in [3.8, 4) is 5.75 Å². The summed E-state index contributed by atoms with van der Waals surface area (Å²) in [5, 5.41) is 5.32. The summed E-state index contributed by atoms with van der Waals surface area (Å²) < 4.78 is 33.1. The second-order valence-electron chi connectivity index (χ2n) is 7.05. The molecule has 0 aliphatic rings. The largest absolute Gasteiger partial charge is 0.494 e. The minimum absolute atomic E-state index is 0.0335. The molecule has 0 saturated carbocycles. The van der Waals surface area contributed by atoms with Gasteiger partial charge < -0.3 is 15.4 Å². The molecular formula is C24H25N3O5S. The quantitative estimate of drug-likeness (QED) is 0.447. The maximum Gasteiger partial charge on any atom is 0.261 e. The molecule has 0 aromatic heterocycles. The number of hydrogen-bond acceptors (Lipinski definition) is 5. The van der Waals surface area contributed by atoms with Crippen LogP contribution < -0.4 is 20.1 Å². The van der Waals surface area contributed by atoms with Crippen molar-refractivity contribution in [1.29, 1.82) is 0 Å². The third kappa shape index (κ3) is 6.33. The highest BCUT2D eigenvalue weighted by atomic mass is 32.2. The molecule has 0 aliphatic heterocycles. The van der Waals surface area contributed by atoms with E-state index in [1.165, 1.54) is 24.3 Å². The molecule has 3 aromatic carbocycles. The summed E-state index contributed by atoms with van der Waals surface area (Å²) >= 11 is 0. The van der Waals surface area contributed by atoms with Crippen LogP contribution in [0.15, 0.2) is 77.7 Å². The van der Waals surface area contributed by atoms with Crippen molar-refractivity contribution >= 4 is 27.5 Å². The fourth-order valence-corrected chi connectivity index (χ4v) is 4.10. The maximum absolute atomic E-state index is 12.6. The molecule has 33 heavy (non-hydrogen) atoms. The van der Waals surface area contributed by atoms with Gasteiger partial charge in [0.15, 0.2) is 0 Å². The second kappa shape index (κ2) is 10.6.